The molecule has 0 aliphatic carbocycles. The summed E-state index contributed by atoms with van der Waals surface area (Å²) >= 11 is 0. The zero-order valence-corrected chi connectivity index (χ0v) is 12.9. The average Bonchev–Trinajstić information content (AvgIpc) is 2.53. The standard InChI is InChI=1S/C16H23N2O4/c1-13-18(10-3-2-4-11-18)12-9-16(19,22-13)14-5-7-15(8-6-14)17(20)21/h5-8,13,19H,2-4,9-12H2,1H3/q+1/t13-,16+/m0/s1. The van der Waals surface area contributed by atoms with Crippen molar-refractivity contribution in [2.45, 2.75) is 44.6 Å². The number of quaternary nitrogens is 1. The van der Waals surface area contributed by atoms with Gasteiger partial charge >= 0.3 is 0 Å². The summed E-state index contributed by atoms with van der Waals surface area (Å²) in [6, 6.07) is 6.02. The maximum Gasteiger partial charge on any atom is 0.269 e. The summed E-state index contributed by atoms with van der Waals surface area (Å²) in [4.78, 5) is 10.3. The van der Waals surface area contributed by atoms with Gasteiger partial charge in [0.05, 0.1) is 31.0 Å². The maximum absolute atomic E-state index is 10.9. The number of benzene rings is 1. The van der Waals surface area contributed by atoms with Gasteiger partial charge in [0.2, 0.25) is 5.79 Å². The van der Waals surface area contributed by atoms with Crippen LogP contribution in [-0.4, -0.2) is 40.4 Å². The van der Waals surface area contributed by atoms with E-state index >= 15 is 0 Å². The second kappa shape index (κ2) is 5.61. The molecule has 1 aromatic rings. The number of nitrogens with zero attached hydrogens (tertiary/aromatic N) is 2. The zero-order valence-electron chi connectivity index (χ0n) is 12.9. The van der Waals surface area contributed by atoms with Gasteiger partial charge in [0.1, 0.15) is 0 Å². The molecule has 2 fully saturated rings. The first-order valence-corrected chi connectivity index (χ1v) is 7.96. The first-order valence-electron chi connectivity index (χ1n) is 7.96. The molecule has 1 spiro atoms. The van der Waals surface area contributed by atoms with Crippen LogP contribution < -0.4 is 0 Å². The Balaban J connectivity index is 1.78. The molecule has 6 heteroatoms. The average molecular weight is 307 g/mol. The molecule has 1 aromatic carbocycles. The Bertz CT molecular complexity index is 554. The summed E-state index contributed by atoms with van der Waals surface area (Å²) in [6.45, 7) is 5.13. The van der Waals surface area contributed by atoms with E-state index in [0.29, 0.717) is 12.0 Å². The highest BCUT2D eigenvalue weighted by Gasteiger charge is 2.48. The van der Waals surface area contributed by atoms with Crippen LogP contribution in [0.4, 0.5) is 5.69 Å². The molecule has 0 aromatic heterocycles. The Kier molecular flexibility index (Phi) is 3.92. The van der Waals surface area contributed by atoms with Crippen molar-refractivity contribution in [2.24, 2.45) is 0 Å². The lowest BCUT2D eigenvalue weighted by atomic mass is 9.96. The number of hydrogen-bond acceptors (Lipinski definition) is 4. The van der Waals surface area contributed by atoms with E-state index < -0.39 is 10.7 Å². The molecule has 0 saturated carbocycles. The number of aliphatic hydroxyl groups is 1. The Morgan fingerprint density at radius 3 is 2.41 bits per heavy atom. The molecular formula is C16H23N2O4+. The Hall–Kier alpha value is -1.50. The Morgan fingerprint density at radius 1 is 1.23 bits per heavy atom. The fourth-order valence-corrected chi connectivity index (χ4v) is 3.79. The minimum Gasteiger partial charge on any atom is -0.361 e. The third-order valence-electron chi connectivity index (χ3n) is 5.27. The molecule has 2 saturated heterocycles. The first-order chi connectivity index (χ1) is 10.5. The number of ether oxygens (including phenoxy) is 1. The summed E-state index contributed by atoms with van der Waals surface area (Å²) in [7, 11) is 0. The van der Waals surface area contributed by atoms with Gasteiger partial charge < -0.3 is 5.11 Å². The quantitative estimate of drug-likeness (QED) is 0.517. The van der Waals surface area contributed by atoms with Gasteiger partial charge in [-0.15, -0.1) is 0 Å². The molecule has 0 unspecified atom stereocenters. The molecule has 6 nitrogen and oxygen atoms in total. The summed E-state index contributed by atoms with van der Waals surface area (Å²) in [6.07, 6.45) is 4.16. The highest BCUT2D eigenvalue weighted by Crippen LogP contribution is 2.39. The highest BCUT2D eigenvalue weighted by atomic mass is 16.6. The number of non-ortho nitro benzene ring substituents is 1. The molecule has 2 aliphatic heterocycles. The highest BCUT2D eigenvalue weighted by molar-refractivity contribution is 5.34. The SMILES string of the molecule is C[C@@H]1O[C@@](O)(c2ccc([N+](=O)[O-])cc2)CC[N+]12CCCCC2. The zero-order chi connectivity index (χ0) is 15.8. The number of nitro groups is 1. The molecule has 22 heavy (non-hydrogen) atoms. The van der Waals surface area contributed by atoms with E-state index in [2.05, 4.69) is 0 Å². The molecule has 2 heterocycles. The van der Waals surface area contributed by atoms with Crippen molar-refractivity contribution in [3.8, 4) is 0 Å². The van der Waals surface area contributed by atoms with E-state index in [1.807, 2.05) is 6.92 Å². The van der Waals surface area contributed by atoms with Gasteiger partial charge in [-0.05, 0) is 31.4 Å². The Labute approximate surface area is 130 Å². The summed E-state index contributed by atoms with van der Waals surface area (Å²) in [5.41, 5.74) is 0.621. The van der Waals surface area contributed by atoms with Crippen molar-refractivity contribution in [3.05, 3.63) is 39.9 Å². The second-order valence-corrected chi connectivity index (χ2v) is 6.51. The van der Waals surface area contributed by atoms with Crippen LogP contribution in [0.5, 0.6) is 0 Å². The predicted octanol–water partition coefficient (Wildman–Crippen LogP) is 2.51. The van der Waals surface area contributed by atoms with Crippen LogP contribution in [0, 0.1) is 10.1 Å². The second-order valence-electron chi connectivity index (χ2n) is 6.51. The molecule has 3 rings (SSSR count). The lowest BCUT2D eigenvalue weighted by molar-refractivity contribution is -0.987. The molecule has 0 amide bonds. The number of nitro benzene ring substituents is 1. The summed E-state index contributed by atoms with van der Waals surface area (Å²) in [5, 5.41) is 21.6. The van der Waals surface area contributed by atoms with Crippen molar-refractivity contribution >= 4 is 5.69 Å². The lowest BCUT2D eigenvalue weighted by Crippen LogP contribution is -2.64. The van der Waals surface area contributed by atoms with Gasteiger partial charge in [-0.3, -0.25) is 19.3 Å². The topological polar surface area (TPSA) is 72.6 Å². The van der Waals surface area contributed by atoms with Crippen LogP contribution in [0.2, 0.25) is 0 Å². The van der Waals surface area contributed by atoms with Crippen LogP contribution in [0.3, 0.4) is 0 Å². The van der Waals surface area contributed by atoms with Gasteiger partial charge in [-0.2, -0.15) is 0 Å². The van der Waals surface area contributed by atoms with Crippen molar-refractivity contribution < 1.29 is 19.2 Å². The molecule has 0 radical (unpaired) electrons. The maximum atomic E-state index is 10.9. The minimum atomic E-state index is -1.34. The molecule has 0 bridgehead atoms. The first kappa shape index (κ1) is 15.4. The van der Waals surface area contributed by atoms with Crippen molar-refractivity contribution in [1.82, 2.24) is 0 Å². The minimum absolute atomic E-state index is 0.0238. The number of rotatable bonds is 2. The van der Waals surface area contributed by atoms with E-state index in [4.69, 9.17) is 4.74 Å². The normalized spacial score (nSPS) is 31.1. The van der Waals surface area contributed by atoms with Crippen molar-refractivity contribution in [2.75, 3.05) is 19.6 Å². The smallest absolute Gasteiger partial charge is 0.269 e. The van der Waals surface area contributed by atoms with Crippen LogP contribution in [0.1, 0.15) is 38.2 Å². The van der Waals surface area contributed by atoms with Crippen LogP contribution in [0.15, 0.2) is 24.3 Å². The molecule has 120 valence electrons. The molecular weight excluding hydrogens is 284 g/mol. The monoisotopic (exact) mass is 307 g/mol. The van der Waals surface area contributed by atoms with E-state index in [9.17, 15) is 15.2 Å². The van der Waals surface area contributed by atoms with E-state index in [1.54, 1.807) is 12.1 Å². The molecule has 2 aliphatic rings. The Morgan fingerprint density at radius 2 is 1.86 bits per heavy atom. The predicted molar refractivity (Wildman–Crippen MR) is 80.9 cm³/mol. The third kappa shape index (κ3) is 2.62. The van der Waals surface area contributed by atoms with Crippen molar-refractivity contribution in [3.63, 3.8) is 0 Å². The molecule has 1 N–H and O–H groups in total. The van der Waals surface area contributed by atoms with Crippen LogP contribution >= 0.6 is 0 Å². The fourth-order valence-electron chi connectivity index (χ4n) is 3.79. The number of piperidine rings is 1. The molecule has 2 atom stereocenters. The largest absolute Gasteiger partial charge is 0.361 e. The summed E-state index contributed by atoms with van der Waals surface area (Å²) < 4.78 is 6.94. The van der Waals surface area contributed by atoms with E-state index in [1.165, 1.54) is 31.4 Å². The van der Waals surface area contributed by atoms with Gasteiger partial charge in [-0.1, -0.05) is 0 Å². The lowest BCUT2D eigenvalue weighted by Gasteiger charge is -2.52. The van der Waals surface area contributed by atoms with Crippen LogP contribution in [-0.2, 0) is 10.5 Å². The van der Waals surface area contributed by atoms with E-state index in [-0.39, 0.29) is 11.9 Å². The van der Waals surface area contributed by atoms with Gasteiger partial charge in [0, 0.05) is 24.6 Å². The van der Waals surface area contributed by atoms with Crippen molar-refractivity contribution in [1.29, 1.82) is 0 Å². The van der Waals surface area contributed by atoms with E-state index in [0.717, 1.165) is 24.1 Å². The number of hydrogen-bond donors (Lipinski definition) is 1. The van der Waals surface area contributed by atoms with Crippen LogP contribution in [0.25, 0.3) is 0 Å². The summed E-state index contributed by atoms with van der Waals surface area (Å²) in [5.74, 6) is -1.34. The van der Waals surface area contributed by atoms with Gasteiger partial charge in [0.15, 0.2) is 6.23 Å². The third-order valence-corrected chi connectivity index (χ3v) is 5.27. The van der Waals surface area contributed by atoms with Gasteiger partial charge in [-0.25, -0.2) is 0 Å². The van der Waals surface area contributed by atoms with Gasteiger partial charge in [0.25, 0.3) is 5.69 Å². The fraction of sp³-hybridized carbons (Fsp3) is 0.625.